The molecule has 0 aromatic heterocycles. The summed E-state index contributed by atoms with van der Waals surface area (Å²) in [5.74, 6) is 2.53. The Labute approximate surface area is 51.3 Å². The van der Waals surface area contributed by atoms with Crippen LogP contribution >= 0.6 is 0 Å². The molecule has 1 unspecified atom stereocenters. The van der Waals surface area contributed by atoms with E-state index in [4.69, 9.17) is 12.2 Å². The third-order valence-corrected chi connectivity index (χ3v) is 1.31. The molecule has 0 fully saturated rings. The van der Waals surface area contributed by atoms with Gasteiger partial charge in [-0.25, -0.2) is 0 Å². The van der Waals surface area contributed by atoms with Gasteiger partial charge in [-0.05, 0) is 13.3 Å². The van der Waals surface area contributed by atoms with E-state index in [-0.39, 0.29) is 5.54 Å². The van der Waals surface area contributed by atoms with Crippen molar-refractivity contribution in [2.45, 2.75) is 32.2 Å². The quantitative estimate of drug-likeness (QED) is 0.531. The minimum Gasteiger partial charge on any atom is -0.324 e. The van der Waals surface area contributed by atoms with Gasteiger partial charge in [-0.15, -0.1) is 12.3 Å². The summed E-state index contributed by atoms with van der Waals surface area (Å²) in [7, 11) is 0. The standard InChI is InChI=1S/C7H13N/c1-4-6-7(3,8)5-2/h1H,5-6,8H2,2-3H3. The van der Waals surface area contributed by atoms with E-state index in [1.807, 2.05) is 13.8 Å². The Morgan fingerprint density at radius 3 is 2.38 bits per heavy atom. The zero-order chi connectivity index (χ0) is 6.62. The molecule has 0 aliphatic heterocycles. The Morgan fingerprint density at radius 1 is 1.75 bits per heavy atom. The molecule has 0 bridgehead atoms. The Kier molecular flexibility index (Phi) is 2.57. The van der Waals surface area contributed by atoms with Gasteiger partial charge < -0.3 is 5.73 Å². The molecule has 0 saturated carbocycles. The molecule has 46 valence electrons. The molecule has 0 aromatic rings. The highest BCUT2D eigenvalue weighted by atomic mass is 14.7. The van der Waals surface area contributed by atoms with E-state index in [0.29, 0.717) is 6.42 Å². The second-order valence-corrected chi connectivity index (χ2v) is 2.39. The fourth-order valence-electron chi connectivity index (χ4n) is 0.358. The summed E-state index contributed by atoms with van der Waals surface area (Å²) in [6, 6.07) is 0. The van der Waals surface area contributed by atoms with Crippen molar-refractivity contribution in [1.82, 2.24) is 0 Å². The largest absolute Gasteiger partial charge is 0.324 e. The predicted octanol–water partition coefficient (Wildman–Crippen LogP) is 1.14. The van der Waals surface area contributed by atoms with E-state index >= 15 is 0 Å². The monoisotopic (exact) mass is 111 g/mol. The predicted molar refractivity (Wildman–Crippen MR) is 36.3 cm³/mol. The van der Waals surface area contributed by atoms with Crippen LogP contribution in [0.4, 0.5) is 0 Å². The van der Waals surface area contributed by atoms with E-state index < -0.39 is 0 Å². The molecule has 0 aliphatic rings. The van der Waals surface area contributed by atoms with Gasteiger partial charge in [0.25, 0.3) is 0 Å². The fourth-order valence-corrected chi connectivity index (χ4v) is 0.358. The van der Waals surface area contributed by atoms with Crippen molar-refractivity contribution in [3.63, 3.8) is 0 Å². The van der Waals surface area contributed by atoms with Gasteiger partial charge in [-0.3, -0.25) is 0 Å². The number of terminal acetylenes is 1. The van der Waals surface area contributed by atoms with Gasteiger partial charge in [0.1, 0.15) is 0 Å². The maximum absolute atomic E-state index is 5.68. The van der Waals surface area contributed by atoms with Gasteiger partial charge in [0.05, 0.1) is 0 Å². The molecule has 1 nitrogen and oxygen atoms in total. The molecule has 1 heteroatoms. The fraction of sp³-hybridized carbons (Fsp3) is 0.714. The Balaban J connectivity index is 3.58. The highest BCUT2D eigenvalue weighted by Gasteiger charge is 2.12. The first-order valence-electron chi connectivity index (χ1n) is 2.85. The first kappa shape index (κ1) is 7.52. The van der Waals surface area contributed by atoms with Crippen LogP contribution in [-0.2, 0) is 0 Å². The average molecular weight is 111 g/mol. The van der Waals surface area contributed by atoms with Crippen LogP contribution in [0.25, 0.3) is 0 Å². The molecule has 0 heterocycles. The lowest BCUT2D eigenvalue weighted by Crippen LogP contribution is -2.34. The summed E-state index contributed by atoms with van der Waals surface area (Å²) >= 11 is 0. The van der Waals surface area contributed by atoms with Gasteiger partial charge in [0.2, 0.25) is 0 Å². The average Bonchev–Trinajstić information content (AvgIpc) is 1.67. The Hall–Kier alpha value is -0.480. The zero-order valence-corrected chi connectivity index (χ0v) is 5.57. The van der Waals surface area contributed by atoms with Crippen LogP contribution in [-0.4, -0.2) is 5.54 Å². The maximum atomic E-state index is 5.68. The summed E-state index contributed by atoms with van der Waals surface area (Å²) in [5.41, 5.74) is 5.54. The summed E-state index contributed by atoms with van der Waals surface area (Å²) < 4.78 is 0. The van der Waals surface area contributed by atoms with Gasteiger partial charge in [-0.2, -0.15) is 0 Å². The summed E-state index contributed by atoms with van der Waals surface area (Å²) in [5, 5.41) is 0. The normalized spacial score (nSPS) is 16.8. The summed E-state index contributed by atoms with van der Waals surface area (Å²) in [6.45, 7) is 4.00. The SMILES string of the molecule is C#CCC(C)(N)CC. The lowest BCUT2D eigenvalue weighted by Gasteiger charge is -2.18. The molecule has 0 spiro atoms. The van der Waals surface area contributed by atoms with Crippen molar-refractivity contribution in [3.05, 3.63) is 0 Å². The van der Waals surface area contributed by atoms with Crippen LogP contribution in [0.15, 0.2) is 0 Å². The molecule has 1 atom stereocenters. The molecule has 0 radical (unpaired) electrons. The van der Waals surface area contributed by atoms with E-state index in [2.05, 4.69) is 5.92 Å². The van der Waals surface area contributed by atoms with Crippen LogP contribution in [0, 0.1) is 12.3 Å². The van der Waals surface area contributed by atoms with Gasteiger partial charge >= 0.3 is 0 Å². The molecular weight excluding hydrogens is 98.1 g/mol. The Morgan fingerprint density at radius 2 is 2.25 bits per heavy atom. The van der Waals surface area contributed by atoms with Crippen molar-refractivity contribution in [1.29, 1.82) is 0 Å². The van der Waals surface area contributed by atoms with Gasteiger partial charge in [0.15, 0.2) is 0 Å². The lowest BCUT2D eigenvalue weighted by molar-refractivity contribution is 0.465. The minimum atomic E-state index is -0.144. The summed E-state index contributed by atoms with van der Waals surface area (Å²) in [6.07, 6.45) is 6.67. The topological polar surface area (TPSA) is 26.0 Å². The molecule has 0 amide bonds. The highest BCUT2D eigenvalue weighted by Crippen LogP contribution is 2.07. The van der Waals surface area contributed by atoms with Crippen LogP contribution in [0.2, 0.25) is 0 Å². The zero-order valence-electron chi connectivity index (χ0n) is 5.57. The maximum Gasteiger partial charge on any atom is 0.0264 e. The molecular formula is C7H13N. The number of rotatable bonds is 2. The Bertz CT molecular complexity index is 97.4. The van der Waals surface area contributed by atoms with Crippen LogP contribution < -0.4 is 5.73 Å². The first-order chi connectivity index (χ1) is 3.62. The highest BCUT2D eigenvalue weighted by molar-refractivity contribution is 4.94. The smallest absolute Gasteiger partial charge is 0.0264 e. The van der Waals surface area contributed by atoms with Crippen molar-refractivity contribution in [2.75, 3.05) is 0 Å². The van der Waals surface area contributed by atoms with Gasteiger partial charge in [0, 0.05) is 12.0 Å². The summed E-state index contributed by atoms with van der Waals surface area (Å²) in [4.78, 5) is 0. The van der Waals surface area contributed by atoms with Crippen LogP contribution in [0.1, 0.15) is 26.7 Å². The number of hydrogen-bond acceptors (Lipinski definition) is 1. The van der Waals surface area contributed by atoms with E-state index in [9.17, 15) is 0 Å². The second kappa shape index (κ2) is 2.74. The van der Waals surface area contributed by atoms with Crippen molar-refractivity contribution in [2.24, 2.45) is 5.73 Å². The van der Waals surface area contributed by atoms with Crippen LogP contribution in [0.5, 0.6) is 0 Å². The van der Waals surface area contributed by atoms with Crippen molar-refractivity contribution < 1.29 is 0 Å². The molecule has 0 aliphatic carbocycles. The van der Waals surface area contributed by atoms with Crippen molar-refractivity contribution >= 4 is 0 Å². The molecule has 0 saturated heterocycles. The molecule has 0 aromatic carbocycles. The van der Waals surface area contributed by atoms with Crippen molar-refractivity contribution in [3.8, 4) is 12.3 Å². The van der Waals surface area contributed by atoms with Gasteiger partial charge in [-0.1, -0.05) is 6.92 Å². The van der Waals surface area contributed by atoms with E-state index in [1.165, 1.54) is 0 Å². The number of hydrogen-bond donors (Lipinski definition) is 1. The first-order valence-corrected chi connectivity index (χ1v) is 2.85. The lowest BCUT2D eigenvalue weighted by atomic mass is 9.97. The third-order valence-electron chi connectivity index (χ3n) is 1.31. The minimum absolute atomic E-state index is 0.144. The molecule has 8 heavy (non-hydrogen) atoms. The molecule has 0 rings (SSSR count). The number of nitrogens with two attached hydrogens (primary N) is 1. The van der Waals surface area contributed by atoms with E-state index in [1.54, 1.807) is 0 Å². The second-order valence-electron chi connectivity index (χ2n) is 2.39. The third kappa shape index (κ3) is 2.65. The van der Waals surface area contributed by atoms with E-state index in [0.717, 1.165) is 6.42 Å². The van der Waals surface area contributed by atoms with Crippen LogP contribution in [0.3, 0.4) is 0 Å². The molecule has 2 N–H and O–H groups in total.